The predicted octanol–water partition coefficient (Wildman–Crippen LogP) is 3.43. The number of thioether (sulfide) groups is 1. The van der Waals surface area contributed by atoms with Crippen molar-refractivity contribution in [2.45, 2.75) is 37.9 Å². The van der Waals surface area contributed by atoms with Crippen molar-refractivity contribution in [2.24, 2.45) is 0 Å². The topological polar surface area (TPSA) is 64.0 Å². The van der Waals surface area contributed by atoms with Crippen LogP contribution in [0, 0.1) is 13.8 Å². The molecule has 1 aliphatic carbocycles. The van der Waals surface area contributed by atoms with Crippen LogP contribution in [-0.2, 0) is 4.79 Å². The summed E-state index contributed by atoms with van der Waals surface area (Å²) in [6.45, 7) is 3.96. The second-order valence-electron chi connectivity index (χ2n) is 6.46. The maximum atomic E-state index is 13.2. The van der Waals surface area contributed by atoms with E-state index in [-0.39, 0.29) is 17.2 Å². The molecule has 1 aromatic carbocycles. The molecule has 0 unspecified atom stereocenters. The first kappa shape index (κ1) is 17.3. The Bertz CT molecular complexity index is 1040. The van der Waals surface area contributed by atoms with Gasteiger partial charge in [0, 0.05) is 10.9 Å². The molecular weight excluding hydrogens is 366 g/mol. The number of nitrogens with zero attached hydrogens (tertiary/aromatic N) is 2. The van der Waals surface area contributed by atoms with Crippen molar-refractivity contribution >= 4 is 39.2 Å². The van der Waals surface area contributed by atoms with Gasteiger partial charge in [0.15, 0.2) is 5.16 Å². The Hall–Kier alpha value is -2.12. The second kappa shape index (κ2) is 6.89. The Morgan fingerprint density at radius 2 is 2.04 bits per heavy atom. The molecule has 0 saturated heterocycles. The summed E-state index contributed by atoms with van der Waals surface area (Å²) in [5.41, 5.74) is 1.67. The summed E-state index contributed by atoms with van der Waals surface area (Å²) in [6.07, 6.45) is 2.12. The molecule has 7 heteroatoms. The van der Waals surface area contributed by atoms with E-state index in [0.29, 0.717) is 16.6 Å². The molecule has 1 fully saturated rings. The Balaban J connectivity index is 1.79. The van der Waals surface area contributed by atoms with E-state index < -0.39 is 0 Å². The first-order valence-corrected chi connectivity index (χ1v) is 10.3. The molecule has 1 aliphatic rings. The molecule has 0 atom stereocenters. The zero-order chi connectivity index (χ0) is 18.3. The molecule has 1 N–H and O–H groups in total. The van der Waals surface area contributed by atoms with Gasteiger partial charge in [-0.2, -0.15) is 0 Å². The first-order valence-electron chi connectivity index (χ1n) is 8.55. The molecule has 0 spiro atoms. The van der Waals surface area contributed by atoms with Crippen molar-refractivity contribution in [3.8, 4) is 5.69 Å². The standard InChI is InChI=1S/C19H19N3O2S2/c1-11-12(2)26-17-16(11)18(24)22(14-6-4-3-5-7-14)19(21-17)25-10-15(23)20-13-8-9-13/h3-7,13H,8-10H2,1-2H3,(H,20,23). The highest BCUT2D eigenvalue weighted by molar-refractivity contribution is 7.99. The molecule has 0 bridgehead atoms. The molecule has 0 aliphatic heterocycles. The number of benzene rings is 1. The van der Waals surface area contributed by atoms with Crippen LogP contribution in [-0.4, -0.2) is 27.3 Å². The van der Waals surface area contributed by atoms with Crippen LogP contribution in [0.4, 0.5) is 0 Å². The Morgan fingerprint density at radius 3 is 2.73 bits per heavy atom. The molecule has 2 heterocycles. The number of carbonyl (C=O) groups is 1. The van der Waals surface area contributed by atoms with E-state index in [2.05, 4.69) is 5.32 Å². The smallest absolute Gasteiger partial charge is 0.267 e. The molecule has 134 valence electrons. The lowest BCUT2D eigenvalue weighted by Crippen LogP contribution is -2.28. The van der Waals surface area contributed by atoms with E-state index in [0.717, 1.165) is 33.8 Å². The second-order valence-corrected chi connectivity index (χ2v) is 8.61. The van der Waals surface area contributed by atoms with E-state index in [1.165, 1.54) is 23.1 Å². The van der Waals surface area contributed by atoms with E-state index in [4.69, 9.17) is 4.98 Å². The minimum Gasteiger partial charge on any atom is -0.353 e. The average Bonchev–Trinajstić information content (AvgIpc) is 3.39. The third-order valence-electron chi connectivity index (χ3n) is 4.46. The number of aromatic nitrogens is 2. The van der Waals surface area contributed by atoms with Gasteiger partial charge in [-0.1, -0.05) is 30.0 Å². The number of hydrogen-bond donors (Lipinski definition) is 1. The molecule has 1 saturated carbocycles. The normalized spacial score (nSPS) is 13.9. The molecule has 2 aromatic heterocycles. The van der Waals surface area contributed by atoms with Crippen molar-refractivity contribution in [1.29, 1.82) is 0 Å². The number of para-hydroxylation sites is 1. The highest BCUT2D eigenvalue weighted by Crippen LogP contribution is 2.29. The van der Waals surface area contributed by atoms with Gasteiger partial charge in [-0.15, -0.1) is 11.3 Å². The van der Waals surface area contributed by atoms with Crippen LogP contribution in [0.1, 0.15) is 23.3 Å². The molecule has 3 aromatic rings. The minimum atomic E-state index is -0.0758. The number of aryl methyl sites for hydroxylation is 2. The van der Waals surface area contributed by atoms with Gasteiger partial charge in [0.05, 0.1) is 16.8 Å². The van der Waals surface area contributed by atoms with Gasteiger partial charge in [-0.25, -0.2) is 4.98 Å². The van der Waals surface area contributed by atoms with Gasteiger partial charge in [0.2, 0.25) is 5.91 Å². The molecule has 0 radical (unpaired) electrons. The lowest BCUT2D eigenvalue weighted by atomic mass is 10.2. The fourth-order valence-corrected chi connectivity index (χ4v) is 4.70. The predicted molar refractivity (Wildman–Crippen MR) is 107 cm³/mol. The van der Waals surface area contributed by atoms with Crippen LogP contribution in [0.25, 0.3) is 15.9 Å². The molecule has 5 nitrogen and oxygen atoms in total. The summed E-state index contributed by atoms with van der Waals surface area (Å²) in [4.78, 5) is 31.9. The van der Waals surface area contributed by atoms with Crippen molar-refractivity contribution in [3.63, 3.8) is 0 Å². The van der Waals surface area contributed by atoms with E-state index in [1.54, 1.807) is 4.57 Å². The van der Waals surface area contributed by atoms with Gasteiger partial charge in [0.1, 0.15) is 4.83 Å². The summed E-state index contributed by atoms with van der Waals surface area (Å²) >= 11 is 2.84. The van der Waals surface area contributed by atoms with Gasteiger partial charge < -0.3 is 5.32 Å². The van der Waals surface area contributed by atoms with Gasteiger partial charge >= 0.3 is 0 Å². The number of hydrogen-bond acceptors (Lipinski definition) is 5. The highest BCUT2D eigenvalue weighted by Gasteiger charge is 2.24. The lowest BCUT2D eigenvalue weighted by molar-refractivity contribution is -0.118. The number of thiophene rings is 1. The molecule has 26 heavy (non-hydrogen) atoms. The van der Waals surface area contributed by atoms with Crippen LogP contribution in [0.3, 0.4) is 0 Å². The molecular formula is C19H19N3O2S2. The number of fused-ring (bicyclic) bond motifs is 1. The number of carbonyl (C=O) groups excluding carboxylic acids is 1. The van der Waals surface area contributed by atoms with E-state index in [1.807, 2.05) is 44.2 Å². The largest absolute Gasteiger partial charge is 0.353 e. The van der Waals surface area contributed by atoms with Crippen molar-refractivity contribution in [2.75, 3.05) is 5.75 Å². The van der Waals surface area contributed by atoms with Crippen molar-refractivity contribution in [1.82, 2.24) is 14.9 Å². The summed E-state index contributed by atoms with van der Waals surface area (Å²) in [5, 5.41) is 4.20. The summed E-state index contributed by atoms with van der Waals surface area (Å²) in [7, 11) is 0. The average molecular weight is 386 g/mol. The van der Waals surface area contributed by atoms with E-state index >= 15 is 0 Å². The summed E-state index contributed by atoms with van der Waals surface area (Å²) in [5.74, 6) is 0.245. The number of amides is 1. The third kappa shape index (κ3) is 3.29. The lowest BCUT2D eigenvalue weighted by Gasteiger charge is -2.12. The Kier molecular flexibility index (Phi) is 4.58. The highest BCUT2D eigenvalue weighted by atomic mass is 32.2. The Morgan fingerprint density at radius 1 is 1.31 bits per heavy atom. The summed E-state index contributed by atoms with van der Waals surface area (Å²) < 4.78 is 1.62. The fourth-order valence-electron chi connectivity index (χ4n) is 2.80. The summed E-state index contributed by atoms with van der Waals surface area (Å²) in [6, 6.07) is 9.81. The van der Waals surface area contributed by atoms with Gasteiger partial charge in [-0.05, 0) is 44.4 Å². The van der Waals surface area contributed by atoms with Crippen LogP contribution in [0.5, 0.6) is 0 Å². The van der Waals surface area contributed by atoms with Crippen LogP contribution in [0.2, 0.25) is 0 Å². The fraction of sp³-hybridized carbons (Fsp3) is 0.316. The van der Waals surface area contributed by atoms with Gasteiger partial charge in [-0.3, -0.25) is 14.2 Å². The van der Waals surface area contributed by atoms with Crippen molar-refractivity contribution < 1.29 is 4.79 Å². The minimum absolute atomic E-state index is 0.00926. The first-order chi connectivity index (χ1) is 12.5. The molecule has 4 rings (SSSR count). The number of nitrogens with one attached hydrogen (secondary N) is 1. The van der Waals surface area contributed by atoms with Crippen molar-refractivity contribution in [3.05, 3.63) is 51.1 Å². The zero-order valence-corrected chi connectivity index (χ0v) is 16.2. The van der Waals surface area contributed by atoms with Crippen LogP contribution >= 0.6 is 23.1 Å². The monoisotopic (exact) mass is 385 g/mol. The number of rotatable bonds is 5. The quantitative estimate of drug-likeness (QED) is 0.540. The van der Waals surface area contributed by atoms with Crippen LogP contribution < -0.4 is 10.9 Å². The van der Waals surface area contributed by atoms with E-state index in [9.17, 15) is 9.59 Å². The van der Waals surface area contributed by atoms with Crippen LogP contribution in [0.15, 0.2) is 40.3 Å². The maximum Gasteiger partial charge on any atom is 0.267 e. The maximum absolute atomic E-state index is 13.2. The SMILES string of the molecule is Cc1sc2nc(SCC(=O)NC3CC3)n(-c3ccccc3)c(=O)c2c1C. The molecule has 1 amide bonds. The van der Waals surface area contributed by atoms with Gasteiger partial charge in [0.25, 0.3) is 5.56 Å². The third-order valence-corrected chi connectivity index (χ3v) is 6.50. The Labute approximate surface area is 159 Å². The zero-order valence-electron chi connectivity index (χ0n) is 14.6.